The van der Waals surface area contributed by atoms with Crippen LogP contribution in [-0.2, 0) is 9.53 Å². The van der Waals surface area contributed by atoms with E-state index in [4.69, 9.17) is 9.84 Å². The molecule has 0 aliphatic carbocycles. The van der Waals surface area contributed by atoms with Gasteiger partial charge in [-0.05, 0) is 31.0 Å². The molecule has 0 aliphatic heterocycles. The maximum Gasteiger partial charge on any atom is 0.238 e. The quantitative estimate of drug-likeness (QED) is 0.751. The second kappa shape index (κ2) is 8.68. The van der Waals surface area contributed by atoms with Crippen LogP contribution in [0.15, 0.2) is 18.2 Å². The Morgan fingerprint density at radius 3 is 2.75 bits per heavy atom. The van der Waals surface area contributed by atoms with Gasteiger partial charge in [-0.2, -0.15) is 0 Å². The number of hydrogen-bond acceptors (Lipinski definition) is 4. The first-order chi connectivity index (χ1) is 9.56. The molecule has 5 heteroatoms. The number of aliphatic hydroxyl groups is 1. The van der Waals surface area contributed by atoms with Gasteiger partial charge in [-0.3, -0.25) is 9.69 Å². The van der Waals surface area contributed by atoms with E-state index in [2.05, 4.69) is 5.32 Å². The summed E-state index contributed by atoms with van der Waals surface area (Å²) in [5.74, 6) is -0.0803. The molecule has 0 aliphatic rings. The highest BCUT2D eigenvalue weighted by molar-refractivity contribution is 5.93. The predicted molar refractivity (Wildman–Crippen MR) is 79.9 cm³/mol. The highest BCUT2D eigenvalue weighted by atomic mass is 16.5. The molecule has 0 spiro atoms. The van der Waals surface area contributed by atoms with Crippen LogP contribution in [-0.4, -0.2) is 55.9 Å². The molecule has 0 bridgehead atoms. The number of nitrogens with zero attached hydrogens (tertiary/aromatic N) is 1. The van der Waals surface area contributed by atoms with Crippen LogP contribution in [0.1, 0.15) is 11.1 Å². The number of carbonyl (C=O) groups is 1. The summed E-state index contributed by atoms with van der Waals surface area (Å²) in [7, 11) is 1.62. The van der Waals surface area contributed by atoms with Gasteiger partial charge in [-0.1, -0.05) is 12.1 Å². The summed E-state index contributed by atoms with van der Waals surface area (Å²) < 4.78 is 5.00. The third-order valence-electron chi connectivity index (χ3n) is 3.06. The van der Waals surface area contributed by atoms with Crippen molar-refractivity contribution in [1.29, 1.82) is 0 Å². The number of benzene rings is 1. The highest BCUT2D eigenvalue weighted by Gasteiger charge is 2.11. The lowest BCUT2D eigenvalue weighted by Gasteiger charge is -2.20. The minimum Gasteiger partial charge on any atom is -0.395 e. The molecule has 1 rings (SSSR count). The Labute approximate surface area is 120 Å². The van der Waals surface area contributed by atoms with E-state index >= 15 is 0 Å². The van der Waals surface area contributed by atoms with Gasteiger partial charge < -0.3 is 15.2 Å². The molecule has 1 aromatic rings. The fraction of sp³-hybridized carbons (Fsp3) is 0.533. The molecule has 0 heterocycles. The van der Waals surface area contributed by atoms with Gasteiger partial charge in [0.2, 0.25) is 5.91 Å². The van der Waals surface area contributed by atoms with E-state index in [1.54, 1.807) is 7.11 Å². The van der Waals surface area contributed by atoms with E-state index in [0.29, 0.717) is 19.7 Å². The Bertz CT molecular complexity index is 435. The zero-order valence-corrected chi connectivity index (χ0v) is 12.5. The van der Waals surface area contributed by atoms with Crippen molar-refractivity contribution in [3.8, 4) is 0 Å². The Kier molecular flexibility index (Phi) is 7.22. The Hall–Kier alpha value is -1.43. The van der Waals surface area contributed by atoms with Crippen LogP contribution < -0.4 is 5.32 Å². The van der Waals surface area contributed by atoms with Crippen LogP contribution in [0.4, 0.5) is 5.69 Å². The highest BCUT2D eigenvalue weighted by Crippen LogP contribution is 2.16. The maximum atomic E-state index is 12.0. The predicted octanol–water partition coefficient (Wildman–Crippen LogP) is 1.18. The van der Waals surface area contributed by atoms with Crippen molar-refractivity contribution in [2.75, 3.05) is 45.3 Å². The van der Waals surface area contributed by atoms with Crippen molar-refractivity contribution < 1.29 is 14.6 Å². The molecule has 0 unspecified atom stereocenters. The minimum absolute atomic E-state index is 0.0282. The number of rotatable bonds is 8. The van der Waals surface area contributed by atoms with Crippen molar-refractivity contribution in [2.24, 2.45) is 0 Å². The Balaban J connectivity index is 2.58. The number of ether oxygens (including phenoxy) is 1. The molecule has 5 nitrogen and oxygen atoms in total. The van der Waals surface area contributed by atoms with Crippen molar-refractivity contribution in [3.63, 3.8) is 0 Å². The number of methoxy groups -OCH3 is 1. The van der Waals surface area contributed by atoms with Crippen molar-refractivity contribution >= 4 is 11.6 Å². The van der Waals surface area contributed by atoms with E-state index in [9.17, 15) is 4.79 Å². The molecule has 0 aromatic heterocycles. The van der Waals surface area contributed by atoms with Crippen LogP contribution in [0.2, 0.25) is 0 Å². The van der Waals surface area contributed by atoms with Gasteiger partial charge in [-0.25, -0.2) is 0 Å². The van der Waals surface area contributed by atoms with Crippen LogP contribution in [0, 0.1) is 13.8 Å². The summed E-state index contributed by atoms with van der Waals surface area (Å²) in [6, 6.07) is 5.96. The van der Waals surface area contributed by atoms with Gasteiger partial charge in [-0.15, -0.1) is 0 Å². The normalized spacial score (nSPS) is 10.8. The first-order valence-electron chi connectivity index (χ1n) is 6.76. The summed E-state index contributed by atoms with van der Waals surface area (Å²) in [5, 5.41) is 11.9. The van der Waals surface area contributed by atoms with E-state index in [0.717, 1.165) is 16.8 Å². The number of aliphatic hydroxyl groups excluding tert-OH is 1. The Morgan fingerprint density at radius 1 is 1.35 bits per heavy atom. The molecule has 1 aromatic carbocycles. The number of anilines is 1. The molecule has 0 radical (unpaired) electrons. The van der Waals surface area contributed by atoms with Crippen LogP contribution in [0.3, 0.4) is 0 Å². The summed E-state index contributed by atoms with van der Waals surface area (Å²) in [6.45, 7) is 5.85. The van der Waals surface area contributed by atoms with Gasteiger partial charge in [0.1, 0.15) is 0 Å². The van der Waals surface area contributed by atoms with Crippen molar-refractivity contribution in [2.45, 2.75) is 13.8 Å². The summed E-state index contributed by atoms with van der Waals surface area (Å²) in [6.07, 6.45) is 0. The van der Waals surface area contributed by atoms with Gasteiger partial charge >= 0.3 is 0 Å². The molecule has 112 valence electrons. The molecular formula is C15H24N2O3. The largest absolute Gasteiger partial charge is 0.395 e. The van der Waals surface area contributed by atoms with Crippen LogP contribution in [0.5, 0.6) is 0 Å². The maximum absolute atomic E-state index is 12.0. The lowest BCUT2D eigenvalue weighted by molar-refractivity contribution is -0.117. The van der Waals surface area contributed by atoms with E-state index in [-0.39, 0.29) is 19.1 Å². The molecule has 0 atom stereocenters. The van der Waals surface area contributed by atoms with Crippen LogP contribution >= 0.6 is 0 Å². The zero-order valence-electron chi connectivity index (χ0n) is 12.5. The second-order valence-corrected chi connectivity index (χ2v) is 4.86. The first-order valence-corrected chi connectivity index (χ1v) is 6.76. The number of carbonyl (C=O) groups excluding carboxylic acids is 1. The molecule has 0 fully saturated rings. The molecule has 0 saturated carbocycles. The SMILES string of the molecule is COCCN(CCO)CC(=O)Nc1cc(C)ccc1C. The third kappa shape index (κ3) is 5.69. The first kappa shape index (κ1) is 16.6. The standard InChI is InChI=1S/C15H24N2O3/c1-12-4-5-13(2)14(10-12)16-15(19)11-17(6-8-18)7-9-20-3/h4-5,10,18H,6-9,11H2,1-3H3,(H,16,19). The smallest absolute Gasteiger partial charge is 0.238 e. The van der Waals surface area contributed by atoms with Gasteiger partial charge in [0, 0.05) is 25.9 Å². The lowest BCUT2D eigenvalue weighted by atomic mass is 10.1. The van der Waals surface area contributed by atoms with Gasteiger partial charge in [0.05, 0.1) is 19.8 Å². The monoisotopic (exact) mass is 280 g/mol. The van der Waals surface area contributed by atoms with Crippen molar-refractivity contribution in [1.82, 2.24) is 4.90 Å². The zero-order chi connectivity index (χ0) is 15.0. The number of amides is 1. The average molecular weight is 280 g/mol. The third-order valence-corrected chi connectivity index (χ3v) is 3.06. The fourth-order valence-electron chi connectivity index (χ4n) is 1.90. The van der Waals surface area contributed by atoms with E-state index in [1.807, 2.05) is 36.9 Å². The second-order valence-electron chi connectivity index (χ2n) is 4.86. The molecular weight excluding hydrogens is 256 g/mol. The van der Waals surface area contributed by atoms with Crippen LogP contribution in [0.25, 0.3) is 0 Å². The number of nitrogens with one attached hydrogen (secondary N) is 1. The van der Waals surface area contributed by atoms with E-state index in [1.165, 1.54) is 0 Å². The topological polar surface area (TPSA) is 61.8 Å². The molecule has 20 heavy (non-hydrogen) atoms. The van der Waals surface area contributed by atoms with Gasteiger partial charge in [0.15, 0.2) is 0 Å². The fourth-order valence-corrected chi connectivity index (χ4v) is 1.90. The summed E-state index contributed by atoms with van der Waals surface area (Å²) >= 11 is 0. The number of aryl methyl sites for hydroxylation is 2. The van der Waals surface area contributed by atoms with Gasteiger partial charge in [0.25, 0.3) is 0 Å². The summed E-state index contributed by atoms with van der Waals surface area (Å²) in [4.78, 5) is 13.9. The average Bonchev–Trinajstić information content (AvgIpc) is 2.40. The lowest BCUT2D eigenvalue weighted by Crippen LogP contribution is -2.37. The number of hydrogen-bond donors (Lipinski definition) is 2. The molecule has 1 amide bonds. The molecule has 2 N–H and O–H groups in total. The summed E-state index contributed by atoms with van der Waals surface area (Å²) in [5.41, 5.74) is 2.98. The Morgan fingerprint density at radius 2 is 2.10 bits per heavy atom. The van der Waals surface area contributed by atoms with E-state index < -0.39 is 0 Å². The minimum atomic E-state index is -0.0803. The molecule has 0 saturated heterocycles. The van der Waals surface area contributed by atoms with Crippen molar-refractivity contribution in [3.05, 3.63) is 29.3 Å².